The van der Waals surface area contributed by atoms with Crippen molar-refractivity contribution >= 4 is 22.9 Å². The number of carbonyl (C=O) groups excluding carboxylic acids is 1. The molecular formula is C14H20N4OS. The first-order chi connectivity index (χ1) is 9.58. The smallest absolute Gasteiger partial charge is 0.272 e. The first-order valence-electron chi connectivity index (χ1n) is 6.75. The molecule has 0 saturated heterocycles. The quantitative estimate of drug-likeness (QED) is 0.890. The van der Waals surface area contributed by atoms with Crippen LogP contribution in [-0.2, 0) is 6.54 Å². The number of carbonyl (C=O) groups is 1. The monoisotopic (exact) mass is 292 g/mol. The summed E-state index contributed by atoms with van der Waals surface area (Å²) in [4.78, 5) is 13.6. The van der Waals surface area contributed by atoms with Crippen molar-refractivity contribution in [3.8, 4) is 0 Å². The molecule has 2 rings (SSSR count). The molecule has 0 aliphatic rings. The second-order valence-corrected chi connectivity index (χ2v) is 5.59. The van der Waals surface area contributed by atoms with E-state index in [4.69, 9.17) is 5.73 Å². The number of amides is 1. The molecule has 108 valence electrons. The lowest BCUT2D eigenvalue weighted by Gasteiger charge is -2.16. The van der Waals surface area contributed by atoms with Gasteiger partial charge in [0, 0.05) is 11.4 Å². The summed E-state index contributed by atoms with van der Waals surface area (Å²) in [5.41, 5.74) is 7.59. The minimum Gasteiger partial charge on any atom is -0.395 e. The molecule has 1 amide bonds. The molecule has 0 aliphatic heterocycles. The summed E-state index contributed by atoms with van der Waals surface area (Å²) in [6, 6.07) is 4.04. The summed E-state index contributed by atoms with van der Waals surface area (Å²) in [5.74, 6) is -0.162. The molecule has 2 heterocycles. The average Bonchev–Trinajstić information content (AvgIpc) is 3.05. The van der Waals surface area contributed by atoms with Gasteiger partial charge in [-0.1, -0.05) is 13.0 Å². The van der Waals surface area contributed by atoms with Crippen LogP contribution in [0.2, 0.25) is 0 Å². The zero-order chi connectivity index (χ0) is 14.7. The molecule has 5 nitrogen and oxygen atoms in total. The fourth-order valence-electron chi connectivity index (χ4n) is 2.15. The van der Waals surface area contributed by atoms with Gasteiger partial charge in [-0.25, -0.2) is 0 Å². The van der Waals surface area contributed by atoms with Crippen LogP contribution in [0.25, 0.3) is 0 Å². The van der Waals surface area contributed by atoms with Crippen LogP contribution in [0.4, 0.5) is 5.69 Å². The third kappa shape index (κ3) is 2.70. The number of aromatic nitrogens is 2. The Morgan fingerprint density at radius 3 is 2.85 bits per heavy atom. The van der Waals surface area contributed by atoms with E-state index in [2.05, 4.69) is 17.3 Å². The van der Waals surface area contributed by atoms with E-state index in [9.17, 15) is 4.79 Å². The van der Waals surface area contributed by atoms with E-state index < -0.39 is 0 Å². The lowest BCUT2D eigenvalue weighted by atomic mass is 10.1. The second-order valence-electron chi connectivity index (χ2n) is 4.61. The molecule has 2 aromatic heterocycles. The number of nitrogens with one attached hydrogen (secondary N) is 1. The summed E-state index contributed by atoms with van der Waals surface area (Å²) in [5, 5.41) is 9.34. The summed E-state index contributed by atoms with van der Waals surface area (Å²) < 4.78 is 1.65. The summed E-state index contributed by atoms with van der Waals surface area (Å²) >= 11 is 1.64. The molecule has 1 unspecified atom stereocenters. The van der Waals surface area contributed by atoms with Crippen LogP contribution in [0.3, 0.4) is 0 Å². The number of aryl methyl sites for hydroxylation is 2. The molecule has 0 radical (unpaired) electrons. The number of nitrogens with zero attached hydrogens (tertiary/aromatic N) is 2. The predicted octanol–water partition coefficient (Wildman–Crippen LogP) is 2.74. The molecule has 0 aliphatic carbocycles. The Morgan fingerprint density at radius 1 is 1.55 bits per heavy atom. The van der Waals surface area contributed by atoms with Gasteiger partial charge in [0.15, 0.2) is 0 Å². The second kappa shape index (κ2) is 6.09. The highest BCUT2D eigenvalue weighted by atomic mass is 32.1. The largest absolute Gasteiger partial charge is 0.395 e. The number of hydrogen-bond acceptors (Lipinski definition) is 4. The molecule has 20 heavy (non-hydrogen) atoms. The highest BCUT2D eigenvalue weighted by molar-refractivity contribution is 7.10. The molecule has 0 saturated carbocycles. The Bertz CT molecular complexity index is 589. The van der Waals surface area contributed by atoms with Crippen molar-refractivity contribution in [2.24, 2.45) is 0 Å². The number of nitrogen functional groups attached to an aromatic ring is 1. The van der Waals surface area contributed by atoms with Gasteiger partial charge < -0.3 is 11.1 Å². The standard InChI is InChI=1S/C14H20N4OS/c1-4-10(11-7-6-8-20-11)16-14(19)13-12(15)9(3)17-18(13)5-2/h6-8,10H,4-5,15H2,1-3H3,(H,16,19). The maximum Gasteiger partial charge on any atom is 0.272 e. The maximum absolute atomic E-state index is 12.5. The third-order valence-corrected chi connectivity index (χ3v) is 4.27. The van der Waals surface area contributed by atoms with Crippen LogP contribution in [-0.4, -0.2) is 15.7 Å². The first kappa shape index (κ1) is 14.6. The van der Waals surface area contributed by atoms with E-state index in [-0.39, 0.29) is 11.9 Å². The number of nitrogens with two attached hydrogens (primary N) is 1. The minimum atomic E-state index is -0.162. The van der Waals surface area contributed by atoms with Gasteiger partial charge in [-0.2, -0.15) is 5.10 Å². The van der Waals surface area contributed by atoms with E-state index >= 15 is 0 Å². The van der Waals surface area contributed by atoms with Crippen molar-refractivity contribution in [1.82, 2.24) is 15.1 Å². The molecule has 0 spiro atoms. The van der Waals surface area contributed by atoms with Gasteiger partial charge in [0.25, 0.3) is 5.91 Å². The van der Waals surface area contributed by atoms with Crippen LogP contribution in [0, 0.1) is 6.92 Å². The fourth-order valence-corrected chi connectivity index (χ4v) is 3.02. The summed E-state index contributed by atoms with van der Waals surface area (Å²) in [7, 11) is 0. The topological polar surface area (TPSA) is 72.9 Å². The minimum absolute atomic E-state index is 0.0161. The highest BCUT2D eigenvalue weighted by Crippen LogP contribution is 2.23. The van der Waals surface area contributed by atoms with Crippen molar-refractivity contribution in [3.63, 3.8) is 0 Å². The van der Waals surface area contributed by atoms with Crippen molar-refractivity contribution in [3.05, 3.63) is 33.8 Å². The zero-order valence-electron chi connectivity index (χ0n) is 12.0. The molecule has 1 atom stereocenters. The van der Waals surface area contributed by atoms with Crippen LogP contribution >= 0.6 is 11.3 Å². The average molecular weight is 292 g/mol. The van der Waals surface area contributed by atoms with Gasteiger partial charge in [0.1, 0.15) is 5.69 Å². The molecule has 0 fully saturated rings. The Hall–Kier alpha value is -1.82. The van der Waals surface area contributed by atoms with Crippen molar-refractivity contribution in [1.29, 1.82) is 0 Å². The van der Waals surface area contributed by atoms with E-state index in [0.717, 1.165) is 11.3 Å². The first-order valence-corrected chi connectivity index (χ1v) is 7.63. The lowest BCUT2D eigenvalue weighted by Crippen LogP contribution is -2.30. The number of thiophene rings is 1. The number of hydrogen-bond donors (Lipinski definition) is 2. The van der Waals surface area contributed by atoms with Crippen LogP contribution < -0.4 is 11.1 Å². The van der Waals surface area contributed by atoms with Gasteiger partial charge in [0.2, 0.25) is 0 Å². The predicted molar refractivity (Wildman–Crippen MR) is 81.9 cm³/mol. The fraction of sp³-hybridized carbons (Fsp3) is 0.429. The van der Waals surface area contributed by atoms with E-state index in [1.54, 1.807) is 16.0 Å². The molecule has 6 heteroatoms. The van der Waals surface area contributed by atoms with Crippen molar-refractivity contribution in [2.45, 2.75) is 39.8 Å². The van der Waals surface area contributed by atoms with Gasteiger partial charge in [-0.05, 0) is 31.7 Å². The zero-order valence-corrected chi connectivity index (χ0v) is 12.8. The van der Waals surface area contributed by atoms with Crippen molar-refractivity contribution < 1.29 is 4.79 Å². The molecule has 0 bridgehead atoms. The van der Waals surface area contributed by atoms with E-state index in [0.29, 0.717) is 23.6 Å². The van der Waals surface area contributed by atoms with Crippen LogP contribution in [0.5, 0.6) is 0 Å². The SMILES string of the molecule is CCC(NC(=O)c1c(N)c(C)nn1CC)c1cccs1. The van der Waals surface area contributed by atoms with Gasteiger partial charge in [-0.15, -0.1) is 11.3 Å². The third-order valence-electron chi connectivity index (χ3n) is 3.29. The van der Waals surface area contributed by atoms with Crippen LogP contribution in [0.15, 0.2) is 17.5 Å². The lowest BCUT2D eigenvalue weighted by molar-refractivity contribution is 0.0926. The Balaban J connectivity index is 2.24. The molecule has 2 aromatic rings. The van der Waals surface area contributed by atoms with Gasteiger partial charge >= 0.3 is 0 Å². The van der Waals surface area contributed by atoms with Crippen molar-refractivity contribution in [2.75, 3.05) is 5.73 Å². The van der Waals surface area contributed by atoms with Crippen LogP contribution in [0.1, 0.15) is 47.4 Å². The number of rotatable bonds is 5. The van der Waals surface area contributed by atoms with E-state index in [1.807, 2.05) is 31.4 Å². The summed E-state index contributed by atoms with van der Waals surface area (Å²) in [6.45, 7) is 6.43. The number of anilines is 1. The molecule has 0 aromatic carbocycles. The Kier molecular flexibility index (Phi) is 4.44. The van der Waals surface area contributed by atoms with Gasteiger partial charge in [-0.3, -0.25) is 9.48 Å². The maximum atomic E-state index is 12.5. The summed E-state index contributed by atoms with van der Waals surface area (Å²) in [6.07, 6.45) is 0.839. The highest BCUT2D eigenvalue weighted by Gasteiger charge is 2.22. The Morgan fingerprint density at radius 2 is 2.30 bits per heavy atom. The normalized spacial score (nSPS) is 12.3. The van der Waals surface area contributed by atoms with E-state index in [1.165, 1.54) is 0 Å². The molecular weight excluding hydrogens is 272 g/mol. The molecule has 3 N–H and O–H groups in total. The Labute approximate surface area is 122 Å². The van der Waals surface area contributed by atoms with Gasteiger partial charge in [0.05, 0.1) is 17.4 Å².